The number of nitrogens with one attached hydrogen (secondary N) is 1. The fourth-order valence-corrected chi connectivity index (χ4v) is 6.23. The number of nitrogens with zero attached hydrogens (tertiary/aromatic N) is 4. The molecule has 0 saturated carbocycles. The van der Waals surface area contributed by atoms with E-state index in [2.05, 4.69) is 15.1 Å². The highest BCUT2D eigenvalue weighted by Gasteiger charge is 2.44. The van der Waals surface area contributed by atoms with Crippen molar-refractivity contribution in [1.29, 1.82) is 0 Å². The number of alkyl halides is 1. The number of carbonyl (C=O) groups is 2. The van der Waals surface area contributed by atoms with Gasteiger partial charge in [-0.1, -0.05) is 6.92 Å². The third-order valence-electron chi connectivity index (χ3n) is 5.49. The predicted octanol–water partition coefficient (Wildman–Crippen LogP) is 5.13. The summed E-state index contributed by atoms with van der Waals surface area (Å²) in [5, 5.41) is 0.728. The molecule has 3 heterocycles. The molecule has 1 saturated heterocycles. The van der Waals surface area contributed by atoms with Crippen molar-refractivity contribution >= 4 is 43.2 Å². The van der Waals surface area contributed by atoms with Gasteiger partial charge in [0.25, 0.3) is 0 Å². The van der Waals surface area contributed by atoms with Crippen LogP contribution in [0.1, 0.15) is 53.8 Å². The number of aromatic nitrogens is 3. The lowest BCUT2D eigenvalue weighted by Gasteiger charge is -2.28. The van der Waals surface area contributed by atoms with Crippen LogP contribution in [0.3, 0.4) is 0 Å². The lowest BCUT2D eigenvalue weighted by atomic mass is 10.0. The molecule has 0 bridgehead atoms. The summed E-state index contributed by atoms with van der Waals surface area (Å²) >= 11 is 1.04. The van der Waals surface area contributed by atoms with Crippen molar-refractivity contribution in [3.05, 3.63) is 47.3 Å². The molecule has 5 atom stereocenters. The predicted molar refractivity (Wildman–Crippen MR) is 152 cm³/mol. The van der Waals surface area contributed by atoms with E-state index in [4.69, 9.17) is 14.0 Å². The minimum Gasteiger partial charge on any atom is -0.443 e. The molecule has 0 radical (unpaired) electrons. The van der Waals surface area contributed by atoms with Crippen LogP contribution in [0, 0.1) is 5.92 Å². The molecule has 1 unspecified atom stereocenters. The Morgan fingerprint density at radius 2 is 1.78 bits per heavy atom. The lowest BCUT2D eigenvalue weighted by Crippen LogP contribution is -2.45. The number of rotatable bonds is 7. The minimum atomic E-state index is -4.28. The van der Waals surface area contributed by atoms with Crippen LogP contribution in [0.25, 0.3) is 0 Å². The molecule has 2 aromatic heterocycles. The summed E-state index contributed by atoms with van der Waals surface area (Å²) in [7, 11) is -4.28. The monoisotopic (exact) mass is 615 g/mol. The Hall–Kier alpha value is -3.00. The quantitative estimate of drug-likeness (QED) is 0.396. The molecule has 16 heteroatoms. The van der Waals surface area contributed by atoms with Crippen LogP contribution < -0.4 is 15.7 Å². The van der Waals surface area contributed by atoms with Gasteiger partial charge in [-0.05, 0) is 59.7 Å². The molecule has 13 nitrogen and oxygen atoms in total. The largest absolute Gasteiger partial charge is 0.443 e. The molecule has 1 fully saturated rings. The SMILES string of the molecule is C[C@H]1[C@H](F)[C@H](n2ccc(N(C(=O)OC(C)(C)C)C(=O)OC(C)(C)C)nc2=O)S[C@@H]1COP(=O)(O)Nc1cccnc1. The van der Waals surface area contributed by atoms with Gasteiger partial charge in [-0.3, -0.25) is 19.2 Å². The van der Waals surface area contributed by atoms with Crippen molar-refractivity contribution in [3.8, 4) is 0 Å². The summed E-state index contributed by atoms with van der Waals surface area (Å²) in [4.78, 5) is 57.2. The zero-order valence-corrected chi connectivity index (χ0v) is 25.5. The van der Waals surface area contributed by atoms with E-state index in [9.17, 15) is 23.8 Å². The number of hydrogen-bond acceptors (Lipinski definition) is 10. The van der Waals surface area contributed by atoms with Gasteiger partial charge in [-0.25, -0.2) is 23.3 Å². The zero-order chi connectivity index (χ0) is 30.8. The molecule has 1 aliphatic rings. The van der Waals surface area contributed by atoms with E-state index < -0.39 is 59.5 Å². The molecule has 2 aromatic rings. The number of pyridine rings is 1. The van der Waals surface area contributed by atoms with Gasteiger partial charge in [0.15, 0.2) is 5.82 Å². The third-order valence-corrected chi connectivity index (χ3v) is 8.21. The standard InChI is InChI=1S/C25H35FN5O8PS/c1-15-17(14-37-40(35,36)29-16-9-8-11-27-13-16)41-20(19(15)26)30-12-10-18(28-21(30)32)31(22(33)38-24(2,3)4)23(34)39-25(5,6)7/h8-13,15,17,19-20H,14H2,1-7H3,(H2,29,35,36)/t15-,17-,19+,20-/m1/s1. The zero-order valence-electron chi connectivity index (χ0n) is 23.8. The van der Waals surface area contributed by atoms with Crippen molar-refractivity contribution in [2.75, 3.05) is 16.6 Å². The number of imide groups is 1. The number of anilines is 2. The Bertz CT molecular complexity index is 1320. The summed E-state index contributed by atoms with van der Waals surface area (Å²) in [5.74, 6) is -1.02. The van der Waals surface area contributed by atoms with Crippen molar-refractivity contribution < 1.29 is 37.4 Å². The van der Waals surface area contributed by atoms with Crippen molar-refractivity contribution in [1.82, 2.24) is 14.5 Å². The highest BCUT2D eigenvalue weighted by molar-refractivity contribution is 8.00. The molecule has 1 aliphatic heterocycles. The molecule has 2 amide bonds. The highest BCUT2D eigenvalue weighted by Crippen LogP contribution is 2.49. The number of ether oxygens (including phenoxy) is 2. The van der Waals surface area contributed by atoms with Gasteiger partial charge in [-0.2, -0.15) is 9.88 Å². The van der Waals surface area contributed by atoms with Gasteiger partial charge in [0.05, 0.1) is 18.5 Å². The summed E-state index contributed by atoms with van der Waals surface area (Å²) in [5.41, 5.74) is -2.59. The number of carbonyl (C=O) groups excluding carboxylic acids is 2. The van der Waals surface area contributed by atoms with Crippen LogP contribution in [0.5, 0.6) is 0 Å². The van der Waals surface area contributed by atoms with Crippen LogP contribution in [0.2, 0.25) is 0 Å². The average molecular weight is 616 g/mol. The van der Waals surface area contributed by atoms with E-state index in [0.717, 1.165) is 16.3 Å². The highest BCUT2D eigenvalue weighted by atomic mass is 32.2. The van der Waals surface area contributed by atoms with E-state index in [0.29, 0.717) is 4.90 Å². The maximum Gasteiger partial charge on any atom is 0.430 e. The van der Waals surface area contributed by atoms with Crippen LogP contribution in [-0.2, 0) is 18.6 Å². The molecule has 41 heavy (non-hydrogen) atoms. The first-order valence-electron chi connectivity index (χ1n) is 12.7. The average Bonchev–Trinajstić information content (AvgIpc) is 3.09. The van der Waals surface area contributed by atoms with E-state index >= 15 is 4.39 Å². The number of halogens is 1. The van der Waals surface area contributed by atoms with Gasteiger partial charge in [0.1, 0.15) is 22.7 Å². The molecule has 0 spiro atoms. The van der Waals surface area contributed by atoms with E-state index in [1.807, 2.05) is 0 Å². The fraction of sp³-hybridized carbons (Fsp3) is 0.560. The lowest BCUT2D eigenvalue weighted by molar-refractivity contribution is 0.0428. The van der Waals surface area contributed by atoms with Crippen LogP contribution in [0.15, 0.2) is 41.6 Å². The number of hydrogen-bond donors (Lipinski definition) is 2. The van der Waals surface area contributed by atoms with Gasteiger partial charge in [0.2, 0.25) is 0 Å². The second kappa shape index (κ2) is 12.5. The Labute approximate surface area is 241 Å². The van der Waals surface area contributed by atoms with E-state index in [1.165, 1.54) is 30.7 Å². The first-order valence-corrected chi connectivity index (χ1v) is 15.2. The topological polar surface area (TPSA) is 162 Å². The van der Waals surface area contributed by atoms with Crippen molar-refractivity contribution in [2.24, 2.45) is 5.92 Å². The molecule has 0 aromatic carbocycles. The normalized spacial score (nSPS) is 22.5. The van der Waals surface area contributed by atoms with Gasteiger partial charge < -0.3 is 14.4 Å². The smallest absolute Gasteiger partial charge is 0.430 e. The summed E-state index contributed by atoms with van der Waals surface area (Å²) < 4.78 is 44.7. The Morgan fingerprint density at radius 3 is 2.29 bits per heavy atom. The first kappa shape index (κ1) is 32.5. The Kier molecular flexibility index (Phi) is 9.89. The fourth-order valence-electron chi connectivity index (χ4n) is 3.65. The molecule has 226 valence electrons. The van der Waals surface area contributed by atoms with E-state index in [-0.39, 0.29) is 18.1 Å². The van der Waals surface area contributed by atoms with Crippen LogP contribution in [0.4, 0.5) is 25.5 Å². The van der Waals surface area contributed by atoms with Crippen molar-refractivity contribution in [2.45, 2.75) is 76.5 Å². The molecule has 3 rings (SSSR count). The van der Waals surface area contributed by atoms with Crippen LogP contribution in [-0.4, -0.2) is 60.8 Å². The Balaban J connectivity index is 1.79. The van der Waals surface area contributed by atoms with Gasteiger partial charge in [-0.15, -0.1) is 11.8 Å². The van der Waals surface area contributed by atoms with Gasteiger partial charge >= 0.3 is 25.6 Å². The second-order valence-corrected chi connectivity index (χ2v) is 14.2. The number of amides is 2. The number of thioether (sulfide) groups is 1. The maximum atomic E-state index is 15.4. The van der Waals surface area contributed by atoms with Crippen LogP contribution >= 0.6 is 19.5 Å². The molecule has 2 N–H and O–H groups in total. The van der Waals surface area contributed by atoms with Crippen molar-refractivity contribution in [3.63, 3.8) is 0 Å². The van der Waals surface area contributed by atoms with E-state index in [1.54, 1.807) is 54.5 Å². The Morgan fingerprint density at radius 1 is 1.17 bits per heavy atom. The molecular formula is C25H35FN5O8PS. The summed E-state index contributed by atoms with van der Waals surface area (Å²) in [6.07, 6.45) is 0.318. The molecular weight excluding hydrogens is 580 g/mol. The minimum absolute atomic E-state index is 0.274. The third kappa shape index (κ3) is 8.99. The maximum absolute atomic E-state index is 15.4. The molecule has 0 aliphatic carbocycles. The second-order valence-electron chi connectivity index (χ2n) is 11.3. The summed E-state index contributed by atoms with van der Waals surface area (Å²) in [6.45, 7) is 10.9. The van der Waals surface area contributed by atoms with Gasteiger partial charge in [0, 0.05) is 23.6 Å². The first-order chi connectivity index (χ1) is 18.9. The summed E-state index contributed by atoms with van der Waals surface area (Å²) in [6, 6.07) is 4.32.